The van der Waals surface area contributed by atoms with Crippen LogP contribution in [0.3, 0.4) is 0 Å². The van der Waals surface area contributed by atoms with Crippen LogP contribution in [0.1, 0.15) is 22.7 Å². The van der Waals surface area contributed by atoms with Crippen LogP contribution in [0.2, 0.25) is 5.02 Å². The van der Waals surface area contributed by atoms with E-state index in [4.69, 9.17) is 21.4 Å². The number of nitrogens with zero attached hydrogens (tertiary/aromatic N) is 4. The summed E-state index contributed by atoms with van der Waals surface area (Å²) in [6.45, 7) is 5.24. The van der Waals surface area contributed by atoms with Gasteiger partial charge in [0.2, 0.25) is 0 Å². The van der Waals surface area contributed by atoms with E-state index in [1.807, 2.05) is 42.2 Å². The molecule has 0 amide bonds. The summed E-state index contributed by atoms with van der Waals surface area (Å²) in [7, 11) is 4.10. The maximum Gasteiger partial charge on any atom is 0.128 e. The van der Waals surface area contributed by atoms with Crippen molar-refractivity contribution in [3.63, 3.8) is 0 Å². The van der Waals surface area contributed by atoms with Crippen LogP contribution < -0.4 is 4.74 Å². The third kappa shape index (κ3) is 6.06. The third-order valence-corrected chi connectivity index (χ3v) is 8.19. The molecule has 0 aliphatic carbocycles. The van der Waals surface area contributed by atoms with Crippen LogP contribution >= 0.6 is 23.4 Å². The standard InChI is InChI=1S/C29H33ClN4OS/c1-32(2)17-18-35-27-9-5-3-8-23(27)21-31-34-15-13-33(14-16-34)26-19-22-7-4-6-10-28(22)36-29-12-11-24(30)20-25(26)29/h3-12,20-21,26H,13-19H2,1-2H3/b31-21+. The maximum absolute atomic E-state index is 6.46. The third-order valence-electron chi connectivity index (χ3n) is 6.74. The largest absolute Gasteiger partial charge is 0.492 e. The molecular weight excluding hydrogens is 488 g/mol. The minimum atomic E-state index is 0.312. The van der Waals surface area contributed by atoms with Crippen LogP contribution in [0.5, 0.6) is 5.75 Å². The molecular formula is C29H33ClN4OS. The highest BCUT2D eigenvalue weighted by Crippen LogP contribution is 2.43. The summed E-state index contributed by atoms with van der Waals surface area (Å²) in [5.74, 6) is 0.879. The second-order valence-electron chi connectivity index (χ2n) is 9.54. The molecule has 1 saturated heterocycles. The minimum Gasteiger partial charge on any atom is -0.492 e. The Bertz CT molecular complexity index is 1210. The number of para-hydroxylation sites is 1. The van der Waals surface area contributed by atoms with Gasteiger partial charge < -0.3 is 9.64 Å². The molecule has 1 unspecified atom stereocenters. The maximum atomic E-state index is 6.46. The van der Waals surface area contributed by atoms with E-state index in [2.05, 4.69) is 71.4 Å². The van der Waals surface area contributed by atoms with Crippen molar-refractivity contribution in [1.29, 1.82) is 0 Å². The molecule has 2 aliphatic heterocycles. The number of rotatable bonds is 7. The van der Waals surface area contributed by atoms with E-state index >= 15 is 0 Å². The Hall–Kier alpha value is -2.51. The number of likely N-dealkylation sites (N-methyl/N-ethyl adjacent to an activating group) is 1. The Morgan fingerprint density at radius 3 is 2.61 bits per heavy atom. The van der Waals surface area contributed by atoms with Crippen LogP contribution in [-0.4, -0.2) is 74.4 Å². The van der Waals surface area contributed by atoms with Crippen LogP contribution in [-0.2, 0) is 6.42 Å². The van der Waals surface area contributed by atoms with Gasteiger partial charge in [-0.1, -0.05) is 53.7 Å². The molecule has 3 aromatic carbocycles. The number of ether oxygens (including phenoxy) is 1. The van der Waals surface area contributed by atoms with Gasteiger partial charge >= 0.3 is 0 Å². The van der Waals surface area contributed by atoms with E-state index in [0.29, 0.717) is 12.6 Å². The second kappa shape index (κ2) is 11.7. The Labute approximate surface area is 223 Å². The van der Waals surface area contributed by atoms with Gasteiger partial charge in [-0.15, -0.1) is 0 Å². The van der Waals surface area contributed by atoms with Gasteiger partial charge in [-0.3, -0.25) is 9.91 Å². The van der Waals surface area contributed by atoms with Gasteiger partial charge in [0.25, 0.3) is 0 Å². The zero-order valence-corrected chi connectivity index (χ0v) is 22.5. The highest BCUT2D eigenvalue weighted by atomic mass is 35.5. The first-order valence-corrected chi connectivity index (χ1v) is 13.7. The fourth-order valence-electron chi connectivity index (χ4n) is 4.75. The Morgan fingerprint density at radius 2 is 1.78 bits per heavy atom. The number of piperazine rings is 1. The molecule has 1 fully saturated rings. The molecule has 0 spiro atoms. The molecule has 0 saturated carbocycles. The smallest absolute Gasteiger partial charge is 0.128 e. The van der Waals surface area contributed by atoms with Gasteiger partial charge in [0.15, 0.2) is 0 Å². The first kappa shape index (κ1) is 25.2. The summed E-state index contributed by atoms with van der Waals surface area (Å²) < 4.78 is 6.00. The van der Waals surface area contributed by atoms with Crippen LogP contribution in [0.4, 0.5) is 0 Å². The molecule has 36 heavy (non-hydrogen) atoms. The van der Waals surface area contributed by atoms with Gasteiger partial charge in [-0.2, -0.15) is 5.10 Å². The van der Waals surface area contributed by atoms with Gasteiger partial charge in [0, 0.05) is 59.1 Å². The number of hydrogen-bond acceptors (Lipinski definition) is 6. The molecule has 188 valence electrons. The molecule has 5 nitrogen and oxygen atoms in total. The molecule has 1 atom stereocenters. The summed E-state index contributed by atoms with van der Waals surface area (Å²) >= 11 is 8.32. The molecule has 5 rings (SSSR count). The minimum absolute atomic E-state index is 0.312. The first-order valence-electron chi connectivity index (χ1n) is 12.5. The van der Waals surface area contributed by atoms with E-state index in [1.165, 1.54) is 20.9 Å². The number of hydrogen-bond donors (Lipinski definition) is 0. The Kier molecular flexibility index (Phi) is 8.17. The average molecular weight is 521 g/mol. The lowest BCUT2D eigenvalue weighted by Crippen LogP contribution is -2.46. The van der Waals surface area contributed by atoms with Crippen LogP contribution in [0, 0.1) is 0 Å². The number of benzene rings is 3. The van der Waals surface area contributed by atoms with E-state index in [0.717, 1.165) is 55.5 Å². The summed E-state index contributed by atoms with van der Waals surface area (Å²) in [4.78, 5) is 7.37. The Morgan fingerprint density at radius 1 is 1.00 bits per heavy atom. The average Bonchev–Trinajstić information content (AvgIpc) is 3.05. The van der Waals surface area contributed by atoms with Crippen LogP contribution in [0.25, 0.3) is 0 Å². The predicted molar refractivity (Wildman–Crippen MR) is 150 cm³/mol. The van der Waals surface area contributed by atoms with Crippen molar-refractivity contribution in [2.45, 2.75) is 22.3 Å². The fourth-order valence-corrected chi connectivity index (χ4v) is 6.04. The van der Waals surface area contributed by atoms with Crippen molar-refractivity contribution in [1.82, 2.24) is 14.8 Å². The SMILES string of the molecule is CN(C)CCOc1ccccc1/C=N/N1CCN(C2Cc3ccccc3Sc3ccc(Cl)cc32)CC1. The van der Waals surface area contributed by atoms with E-state index in [-0.39, 0.29) is 0 Å². The van der Waals surface area contributed by atoms with Crippen LogP contribution in [0.15, 0.2) is 81.6 Å². The van der Waals surface area contributed by atoms with Gasteiger partial charge in [-0.05, 0) is 68.0 Å². The van der Waals surface area contributed by atoms with Gasteiger partial charge in [0.05, 0.1) is 6.21 Å². The topological polar surface area (TPSA) is 31.3 Å². The fraction of sp³-hybridized carbons (Fsp3) is 0.345. The van der Waals surface area contributed by atoms with Crippen molar-refractivity contribution in [2.75, 3.05) is 53.4 Å². The van der Waals surface area contributed by atoms with Crippen molar-refractivity contribution < 1.29 is 4.74 Å². The van der Waals surface area contributed by atoms with E-state index < -0.39 is 0 Å². The van der Waals surface area contributed by atoms with E-state index in [9.17, 15) is 0 Å². The molecule has 2 heterocycles. The van der Waals surface area contributed by atoms with Gasteiger partial charge in [0.1, 0.15) is 12.4 Å². The molecule has 0 bridgehead atoms. The zero-order valence-electron chi connectivity index (χ0n) is 20.9. The second-order valence-corrected chi connectivity index (χ2v) is 11.1. The first-order chi connectivity index (χ1) is 17.6. The highest BCUT2D eigenvalue weighted by molar-refractivity contribution is 7.99. The highest BCUT2D eigenvalue weighted by Gasteiger charge is 2.30. The summed E-state index contributed by atoms with van der Waals surface area (Å²) in [6.07, 6.45) is 2.94. The number of fused-ring (bicyclic) bond motifs is 2. The molecule has 0 radical (unpaired) electrons. The summed E-state index contributed by atoms with van der Waals surface area (Å²) in [6, 6.07) is 23.5. The monoisotopic (exact) mass is 520 g/mol. The van der Waals surface area contributed by atoms with Crippen molar-refractivity contribution in [2.24, 2.45) is 5.10 Å². The Balaban J connectivity index is 1.27. The predicted octanol–water partition coefficient (Wildman–Crippen LogP) is 5.68. The number of hydrazone groups is 1. The lowest BCUT2D eigenvalue weighted by Gasteiger charge is -2.38. The van der Waals surface area contributed by atoms with Crippen molar-refractivity contribution >= 4 is 29.6 Å². The van der Waals surface area contributed by atoms with Crippen molar-refractivity contribution in [3.05, 3.63) is 88.4 Å². The van der Waals surface area contributed by atoms with Gasteiger partial charge in [-0.25, -0.2) is 0 Å². The quantitative estimate of drug-likeness (QED) is 0.374. The molecule has 0 N–H and O–H groups in total. The lowest BCUT2D eigenvalue weighted by molar-refractivity contribution is 0.0970. The molecule has 3 aromatic rings. The zero-order chi connectivity index (χ0) is 24.9. The molecule has 0 aromatic heterocycles. The molecule has 7 heteroatoms. The van der Waals surface area contributed by atoms with Crippen molar-refractivity contribution in [3.8, 4) is 5.75 Å². The number of halogens is 1. The summed E-state index contributed by atoms with van der Waals surface area (Å²) in [5.41, 5.74) is 3.76. The lowest BCUT2D eigenvalue weighted by atomic mass is 9.97. The molecule has 2 aliphatic rings. The summed E-state index contributed by atoms with van der Waals surface area (Å²) in [5, 5.41) is 7.79. The van der Waals surface area contributed by atoms with E-state index in [1.54, 1.807) is 0 Å². The normalized spacial score (nSPS) is 18.2.